The van der Waals surface area contributed by atoms with Crippen LogP contribution in [0.1, 0.15) is 26.2 Å². The summed E-state index contributed by atoms with van der Waals surface area (Å²) in [5.74, 6) is -0.710. The Morgan fingerprint density at radius 2 is 2.24 bits per heavy atom. The standard InChI is InChI=1S/C12H16ClFN2O/c1-2-3-10(15)7-12(17)16-11-5-8(13)4-9(14)6-11/h4-6,10H,2-3,7,15H2,1H3,(H,16,17). The van der Waals surface area contributed by atoms with Crippen LogP contribution in [-0.4, -0.2) is 11.9 Å². The summed E-state index contributed by atoms with van der Waals surface area (Å²) in [7, 11) is 0. The van der Waals surface area contributed by atoms with Crippen molar-refractivity contribution in [1.29, 1.82) is 0 Å². The molecule has 1 rings (SSSR count). The second kappa shape index (κ2) is 6.57. The molecule has 3 N–H and O–H groups in total. The minimum atomic E-state index is -0.481. The Labute approximate surface area is 105 Å². The van der Waals surface area contributed by atoms with E-state index in [9.17, 15) is 9.18 Å². The Balaban J connectivity index is 2.56. The SMILES string of the molecule is CCCC(N)CC(=O)Nc1cc(F)cc(Cl)c1. The summed E-state index contributed by atoms with van der Waals surface area (Å²) in [6, 6.07) is 3.73. The maximum atomic E-state index is 13.0. The summed E-state index contributed by atoms with van der Waals surface area (Å²) in [4.78, 5) is 11.6. The molecule has 1 aromatic carbocycles. The van der Waals surface area contributed by atoms with Crippen molar-refractivity contribution in [3.8, 4) is 0 Å². The van der Waals surface area contributed by atoms with Gasteiger partial charge in [0.1, 0.15) is 5.82 Å². The van der Waals surface area contributed by atoms with E-state index in [1.54, 1.807) is 0 Å². The molecule has 0 aliphatic heterocycles. The van der Waals surface area contributed by atoms with E-state index in [2.05, 4.69) is 5.32 Å². The van der Waals surface area contributed by atoms with Crippen molar-refractivity contribution >= 4 is 23.2 Å². The quantitative estimate of drug-likeness (QED) is 0.853. The maximum Gasteiger partial charge on any atom is 0.225 e. The van der Waals surface area contributed by atoms with Crippen molar-refractivity contribution in [3.63, 3.8) is 0 Å². The monoisotopic (exact) mass is 258 g/mol. The van der Waals surface area contributed by atoms with Crippen molar-refractivity contribution in [2.75, 3.05) is 5.32 Å². The highest BCUT2D eigenvalue weighted by molar-refractivity contribution is 6.30. The summed E-state index contributed by atoms with van der Waals surface area (Å²) in [5, 5.41) is 2.82. The third kappa shape index (κ3) is 5.15. The minimum Gasteiger partial charge on any atom is -0.327 e. The lowest BCUT2D eigenvalue weighted by molar-refractivity contribution is -0.116. The number of hydrogen-bond donors (Lipinski definition) is 2. The first-order valence-electron chi connectivity index (χ1n) is 5.52. The van der Waals surface area contributed by atoms with Gasteiger partial charge in [0.2, 0.25) is 5.91 Å². The van der Waals surface area contributed by atoms with Gasteiger partial charge >= 0.3 is 0 Å². The first kappa shape index (κ1) is 13.9. The van der Waals surface area contributed by atoms with Gasteiger partial charge in [-0.05, 0) is 24.6 Å². The van der Waals surface area contributed by atoms with Gasteiger partial charge in [-0.25, -0.2) is 4.39 Å². The molecule has 5 heteroatoms. The second-order valence-corrected chi connectivity index (χ2v) is 4.40. The Kier molecular flexibility index (Phi) is 5.38. The van der Waals surface area contributed by atoms with E-state index in [0.717, 1.165) is 12.8 Å². The summed E-state index contributed by atoms with van der Waals surface area (Å²) in [6.45, 7) is 2.00. The molecule has 0 bridgehead atoms. The van der Waals surface area contributed by atoms with Crippen LogP contribution in [0.15, 0.2) is 18.2 Å². The fourth-order valence-electron chi connectivity index (χ4n) is 1.55. The third-order valence-corrected chi connectivity index (χ3v) is 2.47. The summed E-state index contributed by atoms with van der Waals surface area (Å²) < 4.78 is 13.0. The van der Waals surface area contributed by atoms with E-state index in [-0.39, 0.29) is 23.4 Å². The molecule has 0 aliphatic rings. The zero-order valence-corrected chi connectivity index (χ0v) is 10.4. The number of amides is 1. The van der Waals surface area contributed by atoms with Crippen LogP contribution in [0, 0.1) is 5.82 Å². The van der Waals surface area contributed by atoms with Gasteiger partial charge in [0.25, 0.3) is 0 Å². The van der Waals surface area contributed by atoms with Gasteiger partial charge < -0.3 is 11.1 Å². The van der Waals surface area contributed by atoms with Crippen LogP contribution in [0.2, 0.25) is 5.02 Å². The number of rotatable bonds is 5. The number of nitrogens with two attached hydrogens (primary N) is 1. The molecule has 0 saturated carbocycles. The van der Waals surface area contributed by atoms with E-state index >= 15 is 0 Å². The Hall–Kier alpha value is -1.13. The number of hydrogen-bond acceptors (Lipinski definition) is 2. The van der Waals surface area contributed by atoms with Gasteiger partial charge in [0.05, 0.1) is 0 Å². The Morgan fingerprint density at radius 1 is 1.53 bits per heavy atom. The molecule has 1 unspecified atom stereocenters. The van der Waals surface area contributed by atoms with E-state index in [0.29, 0.717) is 5.69 Å². The van der Waals surface area contributed by atoms with Crippen molar-refractivity contribution < 1.29 is 9.18 Å². The van der Waals surface area contributed by atoms with Gasteiger partial charge in [-0.1, -0.05) is 24.9 Å². The highest BCUT2D eigenvalue weighted by atomic mass is 35.5. The minimum absolute atomic E-state index is 0.163. The molecule has 0 fully saturated rings. The highest BCUT2D eigenvalue weighted by Gasteiger charge is 2.09. The van der Waals surface area contributed by atoms with Crippen molar-refractivity contribution in [1.82, 2.24) is 0 Å². The molecule has 0 aromatic heterocycles. The van der Waals surface area contributed by atoms with Crippen molar-refractivity contribution in [2.24, 2.45) is 5.73 Å². The molecule has 0 radical (unpaired) electrons. The third-order valence-electron chi connectivity index (χ3n) is 2.25. The summed E-state index contributed by atoms with van der Waals surface area (Å²) in [6.07, 6.45) is 1.94. The van der Waals surface area contributed by atoms with Crippen LogP contribution in [0.25, 0.3) is 0 Å². The molecule has 0 heterocycles. The van der Waals surface area contributed by atoms with Crippen molar-refractivity contribution in [3.05, 3.63) is 29.0 Å². The van der Waals surface area contributed by atoms with Crippen LogP contribution < -0.4 is 11.1 Å². The lowest BCUT2D eigenvalue weighted by atomic mass is 10.1. The van der Waals surface area contributed by atoms with Crippen LogP contribution >= 0.6 is 11.6 Å². The number of carbonyl (C=O) groups excluding carboxylic acids is 1. The molecule has 1 atom stereocenters. The summed E-state index contributed by atoms with van der Waals surface area (Å²) >= 11 is 5.67. The largest absolute Gasteiger partial charge is 0.327 e. The van der Waals surface area contributed by atoms with E-state index in [1.807, 2.05) is 6.92 Å². The van der Waals surface area contributed by atoms with Gasteiger partial charge in [-0.15, -0.1) is 0 Å². The predicted octanol–water partition coefficient (Wildman–Crippen LogP) is 2.94. The lowest BCUT2D eigenvalue weighted by Gasteiger charge is -2.10. The van der Waals surface area contributed by atoms with Gasteiger partial charge in [0.15, 0.2) is 0 Å². The van der Waals surface area contributed by atoms with Crippen molar-refractivity contribution in [2.45, 2.75) is 32.2 Å². The Bertz CT molecular complexity index is 378. The van der Waals surface area contributed by atoms with Crippen LogP contribution in [0.5, 0.6) is 0 Å². The number of nitrogens with one attached hydrogen (secondary N) is 1. The topological polar surface area (TPSA) is 55.1 Å². The van der Waals surface area contributed by atoms with Crippen LogP contribution in [-0.2, 0) is 4.79 Å². The second-order valence-electron chi connectivity index (χ2n) is 3.96. The first-order chi connectivity index (χ1) is 8.01. The molecule has 0 spiro atoms. The summed E-state index contributed by atoms with van der Waals surface area (Å²) in [5.41, 5.74) is 6.09. The average molecular weight is 259 g/mol. The highest BCUT2D eigenvalue weighted by Crippen LogP contribution is 2.18. The molecule has 94 valence electrons. The number of anilines is 1. The number of carbonyl (C=O) groups is 1. The van der Waals surface area contributed by atoms with Gasteiger partial charge in [0, 0.05) is 23.2 Å². The fraction of sp³-hybridized carbons (Fsp3) is 0.417. The van der Waals surface area contributed by atoms with Gasteiger partial charge in [-0.2, -0.15) is 0 Å². The molecule has 17 heavy (non-hydrogen) atoms. The van der Waals surface area contributed by atoms with Gasteiger partial charge in [-0.3, -0.25) is 4.79 Å². The normalized spacial score (nSPS) is 12.2. The lowest BCUT2D eigenvalue weighted by Crippen LogP contribution is -2.26. The van der Waals surface area contributed by atoms with E-state index in [1.165, 1.54) is 18.2 Å². The maximum absolute atomic E-state index is 13.0. The fourth-order valence-corrected chi connectivity index (χ4v) is 1.77. The average Bonchev–Trinajstić information content (AvgIpc) is 2.14. The molecule has 0 aliphatic carbocycles. The smallest absolute Gasteiger partial charge is 0.225 e. The van der Waals surface area contributed by atoms with Crippen LogP contribution in [0.3, 0.4) is 0 Å². The Morgan fingerprint density at radius 3 is 2.82 bits per heavy atom. The predicted molar refractivity (Wildman–Crippen MR) is 67.5 cm³/mol. The number of halogens is 2. The van der Waals surface area contributed by atoms with E-state index < -0.39 is 5.82 Å². The molecule has 1 amide bonds. The molecule has 1 aromatic rings. The molecular weight excluding hydrogens is 243 g/mol. The number of benzene rings is 1. The zero-order valence-electron chi connectivity index (χ0n) is 9.67. The van der Waals surface area contributed by atoms with E-state index in [4.69, 9.17) is 17.3 Å². The van der Waals surface area contributed by atoms with Crippen LogP contribution in [0.4, 0.5) is 10.1 Å². The zero-order chi connectivity index (χ0) is 12.8. The molecular formula is C12H16ClFN2O. The molecule has 3 nitrogen and oxygen atoms in total. The first-order valence-corrected chi connectivity index (χ1v) is 5.90. The molecule has 0 saturated heterocycles.